The zero-order valence-corrected chi connectivity index (χ0v) is 14.4. The fraction of sp³-hybridized carbons (Fsp3) is 0.421. The standard InChI is InChI=1S/C19H21FN2OS/c20-15-7-5-13(6-8-15)10-21-19(23)17-9-14-11-22(12-18(14)24-17)16-3-1-2-4-16/h5-9,16H,1-4,10-12H2,(H,21,23). The maximum absolute atomic E-state index is 12.9. The number of halogens is 1. The fourth-order valence-electron chi connectivity index (χ4n) is 3.70. The average molecular weight is 344 g/mol. The molecule has 0 radical (unpaired) electrons. The SMILES string of the molecule is O=C(NCc1ccc(F)cc1)c1cc2c(s1)CN(C1CCCC1)C2. The first kappa shape index (κ1) is 15.8. The van der Waals surface area contributed by atoms with Gasteiger partial charge in [0.05, 0.1) is 4.88 Å². The van der Waals surface area contributed by atoms with Crippen molar-refractivity contribution in [3.63, 3.8) is 0 Å². The molecule has 0 bridgehead atoms. The summed E-state index contributed by atoms with van der Waals surface area (Å²) < 4.78 is 12.9. The summed E-state index contributed by atoms with van der Waals surface area (Å²) in [6.07, 6.45) is 5.34. The molecule has 0 spiro atoms. The first-order valence-electron chi connectivity index (χ1n) is 8.57. The van der Waals surface area contributed by atoms with Gasteiger partial charge in [-0.15, -0.1) is 11.3 Å². The van der Waals surface area contributed by atoms with E-state index in [1.165, 1.54) is 48.3 Å². The molecule has 1 aliphatic heterocycles. The summed E-state index contributed by atoms with van der Waals surface area (Å²) in [7, 11) is 0. The molecular weight excluding hydrogens is 323 g/mol. The van der Waals surface area contributed by atoms with Crippen molar-refractivity contribution in [1.82, 2.24) is 10.2 Å². The van der Waals surface area contributed by atoms with Crippen molar-refractivity contribution in [1.29, 1.82) is 0 Å². The minimum Gasteiger partial charge on any atom is -0.347 e. The fourth-order valence-corrected chi connectivity index (χ4v) is 4.82. The van der Waals surface area contributed by atoms with Crippen LogP contribution in [0.15, 0.2) is 30.3 Å². The van der Waals surface area contributed by atoms with Crippen LogP contribution < -0.4 is 5.32 Å². The van der Waals surface area contributed by atoms with E-state index in [9.17, 15) is 9.18 Å². The summed E-state index contributed by atoms with van der Waals surface area (Å²) in [5.41, 5.74) is 2.22. The van der Waals surface area contributed by atoms with Gasteiger partial charge in [-0.3, -0.25) is 9.69 Å². The summed E-state index contributed by atoms with van der Waals surface area (Å²) in [4.78, 5) is 17.0. The quantitative estimate of drug-likeness (QED) is 0.906. The van der Waals surface area contributed by atoms with E-state index in [0.29, 0.717) is 6.54 Å². The van der Waals surface area contributed by atoms with E-state index in [-0.39, 0.29) is 11.7 Å². The zero-order valence-electron chi connectivity index (χ0n) is 13.6. The molecule has 1 aromatic heterocycles. The van der Waals surface area contributed by atoms with Crippen LogP contribution in [0.25, 0.3) is 0 Å². The number of nitrogens with one attached hydrogen (secondary N) is 1. The second-order valence-electron chi connectivity index (χ2n) is 6.71. The van der Waals surface area contributed by atoms with Crippen LogP contribution in [-0.2, 0) is 19.6 Å². The van der Waals surface area contributed by atoms with E-state index >= 15 is 0 Å². The molecule has 0 saturated heterocycles. The number of amides is 1. The molecule has 1 saturated carbocycles. The Morgan fingerprint density at radius 1 is 1.21 bits per heavy atom. The van der Waals surface area contributed by atoms with Crippen LogP contribution >= 0.6 is 11.3 Å². The van der Waals surface area contributed by atoms with Gasteiger partial charge in [0.2, 0.25) is 0 Å². The van der Waals surface area contributed by atoms with Gasteiger partial charge in [0.25, 0.3) is 5.91 Å². The van der Waals surface area contributed by atoms with Crippen LogP contribution in [0, 0.1) is 5.82 Å². The van der Waals surface area contributed by atoms with E-state index < -0.39 is 0 Å². The maximum atomic E-state index is 12.9. The first-order chi connectivity index (χ1) is 11.7. The number of rotatable bonds is 4. The molecule has 1 amide bonds. The van der Waals surface area contributed by atoms with Gasteiger partial charge in [0.1, 0.15) is 5.82 Å². The van der Waals surface area contributed by atoms with Crippen molar-refractivity contribution in [3.8, 4) is 0 Å². The predicted octanol–water partition coefficient (Wildman–Crippen LogP) is 4.08. The lowest BCUT2D eigenvalue weighted by atomic mass is 10.2. The lowest BCUT2D eigenvalue weighted by molar-refractivity contribution is 0.0954. The number of carbonyl (C=O) groups excluding carboxylic acids is 1. The van der Waals surface area contributed by atoms with Gasteiger partial charge in [0, 0.05) is 30.6 Å². The Bertz CT molecular complexity index is 711. The third-order valence-corrected chi connectivity index (χ3v) is 6.21. The molecule has 1 fully saturated rings. The first-order valence-corrected chi connectivity index (χ1v) is 9.39. The van der Waals surface area contributed by atoms with E-state index in [0.717, 1.165) is 29.6 Å². The van der Waals surface area contributed by atoms with Gasteiger partial charge in [-0.1, -0.05) is 25.0 Å². The predicted molar refractivity (Wildman–Crippen MR) is 93.4 cm³/mol. The number of thiophene rings is 1. The van der Waals surface area contributed by atoms with Gasteiger partial charge in [-0.2, -0.15) is 0 Å². The van der Waals surface area contributed by atoms with Crippen LogP contribution in [-0.4, -0.2) is 16.8 Å². The molecule has 2 aliphatic rings. The van der Waals surface area contributed by atoms with Crippen molar-refractivity contribution < 1.29 is 9.18 Å². The van der Waals surface area contributed by atoms with Gasteiger partial charge < -0.3 is 5.32 Å². The highest BCUT2D eigenvalue weighted by Gasteiger charge is 2.30. The molecular formula is C19H21FN2OS. The summed E-state index contributed by atoms with van der Waals surface area (Å²) in [6, 6.07) is 9.01. The van der Waals surface area contributed by atoms with Crippen LogP contribution in [0.3, 0.4) is 0 Å². The number of nitrogens with zero attached hydrogens (tertiary/aromatic N) is 1. The topological polar surface area (TPSA) is 32.3 Å². The lowest BCUT2D eigenvalue weighted by Crippen LogP contribution is -2.28. The van der Waals surface area contributed by atoms with Crippen molar-refractivity contribution in [3.05, 3.63) is 57.0 Å². The van der Waals surface area contributed by atoms with Crippen LogP contribution in [0.2, 0.25) is 0 Å². The van der Waals surface area contributed by atoms with Crippen LogP contribution in [0.1, 0.15) is 51.4 Å². The molecule has 0 atom stereocenters. The Kier molecular flexibility index (Phi) is 4.37. The molecule has 1 aliphatic carbocycles. The van der Waals surface area contributed by atoms with Gasteiger partial charge >= 0.3 is 0 Å². The molecule has 24 heavy (non-hydrogen) atoms. The molecule has 2 aromatic rings. The third kappa shape index (κ3) is 3.23. The van der Waals surface area contributed by atoms with Crippen LogP contribution in [0.4, 0.5) is 4.39 Å². The Balaban J connectivity index is 1.35. The average Bonchev–Trinajstić information content (AvgIpc) is 3.28. The molecule has 126 valence electrons. The molecule has 3 nitrogen and oxygen atoms in total. The zero-order chi connectivity index (χ0) is 16.5. The number of fused-ring (bicyclic) bond motifs is 1. The Labute approximate surface area is 145 Å². The number of hydrogen-bond acceptors (Lipinski definition) is 3. The molecule has 0 unspecified atom stereocenters. The second kappa shape index (κ2) is 6.65. The molecule has 1 aromatic carbocycles. The molecule has 2 heterocycles. The number of carbonyl (C=O) groups is 1. The normalized spacial score (nSPS) is 18.0. The van der Waals surface area contributed by atoms with Crippen molar-refractivity contribution in [2.24, 2.45) is 0 Å². The van der Waals surface area contributed by atoms with Gasteiger partial charge in [-0.05, 0) is 42.2 Å². The molecule has 5 heteroatoms. The third-order valence-electron chi connectivity index (χ3n) is 5.05. The Morgan fingerprint density at radius 2 is 1.96 bits per heavy atom. The van der Waals surface area contributed by atoms with Crippen LogP contribution in [0.5, 0.6) is 0 Å². The molecule has 1 N–H and O–H groups in total. The lowest BCUT2D eigenvalue weighted by Gasteiger charge is -2.22. The number of benzene rings is 1. The molecule has 4 rings (SSSR count). The van der Waals surface area contributed by atoms with Crippen molar-refractivity contribution in [2.75, 3.05) is 0 Å². The summed E-state index contributed by atoms with van der Waals surface area (Å²) >= 11 is 1.62. The van der Waals surface area contributed by atoms with Crippen molar-refractivity contribution >= 4 is 17.2 Å². The maximum Gasteiger partial charge on any atom is 0.261 e. The minimum absolute atomic E-state index is 0.0360. The summed E-state index contributed by atoms with van der Waals surface area (Å²) in [5, 5.41) is 2.93. The highest BCUT2D eigenvalue weighted by molar-refractivity contribution is 7.14. The smallest absolute Gasteiger partial charge is 0.261 e. The van der Waals surface area contributed by atoms with Gasteiger partial charge in [0.15, 0.2) is 0 Å². The van der Waals surface area contributed by atoms with E-state index in [4.69, 9.17) is 0 Å². The number of hydrogen-bond donors (Lipinski definition) is 1. The Hall–Kier alpha value is -1.72. The Morgan fingerprint density at radius 3 is 2.67 bits per heavy atom. The summed E-state index contributed by atoms with van der Waals surface area (Å²) in [6.45, 7) is 2.41. The highest BCUT2D eigenvalue weighted by atomic mass is 32.1. The van der Waals surface area contributed by atoms with E-state index in [2.05, 4.69) is 16.3 Å². The van der Waals surface area contributed by atoms with E-state index in [1.54, 1.807) is 23.5 Å². The summed E-state index contributed by atoms with van der Waals surface area (Å²) in [5.74, 6) is -0.294. The highest BCUT2D eigenvalue weighted by Crippen LogP contribution is 2.35. The monoisotopic (exact) mass is 344 g/mol. The van der Waals surface area contributed by atoms with Gasteiger partial charge in [-0.25, -0.2) is 4.39 Å². The minimum atomic E-state index is -0.258. The second-order valence-corrected chi connectivity index (χ2v) is 7.85. The van der Waals surface area contributed by atoms with E-state index in [1.807, 2.05) is 0 Å². The largest absolute Gasteiger partial charge is 0.347 e. The van der Waals surface area contributed by atoms with Crippen molar-refractivity contribution in [2.45, 2.75) is 51.4 Å².